The van der Waals surface area contributed by atoms with Crippen LogP contribution in [0, 0.1) is 11.3 Å². The molecule has 0 aliphatic heterocycles. The molecule has 0 saturated heterocycles. The van der Waals surface area contributed by atoms with Gasteiger partial charge in [0, 0.05) is 13.0 Å². The fourth-order valence-electron chi connectivity index (χ4n) is 1.55. The molecule has 2 nitrogen and oxygen atoms in total. The fraction of sp³-hybridized carbons (Fsp3) is 0.933. The fourth-order valence-corrected chi connectivity index (χ4v) is 2.58. The van der Waals surface area contributed by atoms with Gasteiger partial charge in [-0.3, -0.25) is 4.79 Å². The van der Waals surface area contributed by atoms with E-state index in [-0.39, 0.29) is 5.91 Å². The maximum Gasteiger partial charge on any atom is 0.220 e. The highest BCUT2D eigenvalue weighted by atomic mass is 32.2. The standard InChI is InChI=1S/C15H31NOS/c1-6-11-18-12-13(2)7-8-14(17)16-10-9-15(3,4)5/h13H,6-12H2,1-5H3,(H,16,17). The van der Waals surface area contributed by atoms with Gasteiger partial charge in [0.25, 0.3) is 0 Å². The van der Waals surface area contributed by atoms with Crippen LogP contribution >= 0.6 is 11.8 Å². The van der Waals surface area contributed by atoms with Gasteiger partial charge in [-0.25, -0.2) is 0 Å². The van der Waals surface area contributed by atoms with Gasteiger partial charge in [0.1, 0.15) is 0 Å². The summed E-state index contributed by atoms with van der Waals surface area (Å²) in [5.74, 6) is 3.28. The first-order valence-corrected chi connectivity index (χ1v) is 8.35. The molecule has 108 valence electrons. The van der Waals surface area contributed by atoms with Crippen LogP contribution in [-0.4, -0.2) is 24.0 Å². The molecule has 3 heteroatoms. The van der Waals surface area contributed by atoms with E-state index >= 15 is 0 Å². The summed E-state index contributed by atoms with van der Waals surface area (Å²) in [5, 5.41) is 3.02. The monoisotopic (exact) mass is 273 g/mol. The van der Waals surface area contributed by atoms with E-state index in [0.717, 1.165) is 19.4 Å². The average Bonchev–Trinajstić information content (AvgIpc) is 2.25. The molecule has 0 fully saturated rings. The minimum Gasteiger partial charge on any atom is -0.356 e. The zero-order chi connectivity index (χ0) is 14.0. The Kier molecular flexibility index (Phi) is 9.61. The summed E-state index contributed by atoms with van der Waals surface area (Å²) in [4.78, 5) is 11.6. The molecule has 1 atom stereocenters. The van der Waals surface area contributed by atoms with Gasteiger partial charge in [-0.15, -0.1) is 0 Å². The van der Waals surface area contributed by atoms with Gasteiger partial charge in [0.05, 0.1) is 0 Å². The maximum absolute atomic E-state index is 11.6. The highest BCUT2D eigenvalue weighted by Crippen LogP contribution is 2.17. The van der Waals surface area contributed by atoms with Crippen LogP contribution in [0.1, 0.15) is 60.3 Å². The van der Waals surface area contributed by atoms with Gasteiger partial charge in [0.2, 0.25) is 5.91 Å². The molecular formula is C15H31NOS. The summed E-state index contributed by atoms with van der Waals surface area (Å²) in [6.45, 7) is 11.9. The highest BCUT2D eigenvalue weighted by Gasteiger charge is 2.11. The van der Waals surface area contributed by atoms with Crippen molar-refractivity contribution >= 4 is 17.7 Å². The van der Waals surface area contributed by atoms with Gasteiger partial charge in [-0.05, 0) is 42.1 Å². The van der Waals surface area contributed by atoms with Crippen LogP contribution in [0.4, 0.5) is 0 Å². The van der Waals surface area contributed by atoms with E-state index in [4.69, 9.17) is 0 Å². The molecule has 0 aromatic heterocycles. The van der Waals surface area contributed by atoms with Crippen molar-refractivity contribution in [3.8, 4) is 0 Å². The third-order valence-electron chi connectivity index (χ3n) is 2.81. The van der Waals surface area contributed by atoms with E-state index in [1.165, 1.54) is 17.9 Å². The Morgan fingerprint density at radius 3 is 2.56 bits per heavy atom. The average molecular weight is 273 g/mol. The molecule has 0 heterocycles. The summed E-state index contributed by atoms with van der Waals surface area (Å²) in [7, 11) is 0. The van der Waals surface area contributed by atoms with Crippen LogP contribution in [0.2, 0.25) is 0 Å². The topological polar surface area (TPSA) is 29.1 Å². The lowest BCUT2D eigenvalue weighted by Gasteiger charge is -2.18. The predicted molar refractivity (Wildman–Crippen MR) is 83.1 cm³/mol. The van der Waals surface area contributed by atoms with Gasteiger partial charge >= 0.3 is 0 Å². The largest absolute Gasteiger partial charge is 0.356 e. The van der Waals surface area contributed by atoms with Crippen molar-refractivity contribution < 1.29 is 4.79 Å². The maximum atomic E-state index is 11.6. The lowest BCUT2D eigenvalue weighted by molar-refractivity contribution is -0.121. The van der Waals surface area contributed by atoms with E-state index in [2.05, 4.69) is 39.9 Å². The molecular weight excluding hydrogens is 242 g/mol. The predicted octanol–water partition coefficient (Wildman–Crippen LogP) is 4.10. The van der Waals surface area contributed by atoms with Crippen molar-refractivity contribution in [3.05, 3.63) is 0 Å². The van der Waals surface area contributed by atoms with Gasteiger partial charge in [-0.2, -0.15) is 11.8 Å². The second-order valence-corrected chi connectivity index (χ2v) is 7.53. The molecule has 0 saturated carbocycles. The van der Waals surface area contributed by atoms with Crippen molar-refractivity contribution in [3.63, 3.8) is 0 Å². The molecule has 0 aromatic carbocycles. The number of thioether (sulfide) groups is 1. The van der Waals surface area contributed by atoms with Crippen LogP contribution in [0.3, 0.4) is 0 Å². The minimum absolute atomic E-state index is 0.214. The Morgan fingerprint density at radius 2 is 2.00 bits per heavy atom. The van der Waals surface area contributed by atoms with Crippen LogP contribution in [0.15, 0.2) is 0 Å². The number of carbonyl (C=O) groups is 1. The molecule has 0 aromatic rings. The molecule has 1 amide bonds. The lowest BCUT2D eigenvalue weighted by atomic mass is 9.92. The molecule has 18 heavy (non-hydrogen) atoms. The Hall–Kier alpha value is -0.180. The van der Waals surface area contributed by atoms with Crippen LogP contribution in [0.5, 0.6) is 0 Å². The van der Waals surface area contributed by atoms with Crippen LogP contribution in [-0.2, 0) is 4.79 Å². The van der Waals surface area contributed by atoms with E-state index in [1.807, 2.05) is 11.8 Å². The minimum atomic E-state index is 0.214. The Bertz CT molecular complexity index is 223. The second-order valence-electron chi connectivity index (χ2n) is 6.38. The van der Waals surface area contributed by atoms with Gasteiger partial charge in [0.15, 0.2) is 0 Å². The van der Waals surface area contributed by atoms with Crippen LogP contribution < -0.4 is 5.32 Å². The van der Waals surface area contributed by atoms with Crippen molar-refractivity contribution in [1.82, 2.24) is 5.32 Å². The summed E-state index contributed by atoms with van der Waals surface area (Å²) in [5.41, 5.74) is 0.303. The van der Waals surface area contributed by atoms with Crippen molar-refractivity contribution in [1.29, 1.82) is 0 Å². The third kappa shape index (κ3) is 12.3. The third-order valence-corrected chi connectivity index (χ3v) is 4.31. The molecule has 1 N–H and O–H groups in total. The Labute approximate surface area is 118 Å². The zero-order valence-corrected chi connectivity index (χ0v) is 13.7. The first-order chi connectivity index (χ1) is 8.35. The van der Waals surface area contributed by atoms with Gasteiger partial charge < -0.3 is 5.32 Å². The number of hydrogen-bond donors (Lipinski definition) is 1. The van der Waals surface area contributed by atoms with Crippen molar-refractivity contribution in [2.45, 2.75) is 60.3 Å². The number of nitrogens with one attached hydrogen (secondary N) is 1. The molecule has 0 radical (unpaired) electrons. The van der Waals surface area contributed by atoms with Crippen molar-refractivity contribution in [2.75, 3.05) is 18.1 Å². The molecule has 1 unspecified atom stereocenters. The zero-order valence-electron chi connectivity index (χ0n) is 12.8. The Balaban J connectivity index is 3.52. The van der Waals surface area contributed by atoms with E-state index in [1.54, 1.807) is 0 Å². The van der Waals surface area contributed by atoms with E-state index in [9.17, 15) is 4.79 Å². The first kappa shape index (κ1) is 17.8. The van der Waals surface area contributed by atoms with E-state index in [0.29, 0.717) is 17.8 Å². The summed E-state index contributed by atoms with van der Waals surface area (Å²) >= 11 is 2.00. The first-order valence-electron chi connectivity index (χ1n) is 7.19. The van der Waals surface area contributed by atoms with Crippen LogP contribution in [0.25, 0.3) is 0 Å². The molecule has 0 rings (SSSR count). The molecule has 0 spiro atoms. The summed E-state index contributed by atoms with van der Waals surface area (Å²) in [6.07, 6.45) is 3.97. The quantitative estimate of drug-likeness (QED) is 0.641. The normalized spacial score (nSPS) is 13.4. The SMILES string of the molecule is CCCSCC(C)CCC(=O)NCCC(C)(C)C. The molecule has 0 aliphatic rings. The summed E-state index contributed by atoms with van der Waals surface area (Å²) < 4.78 is 0. The van der Waals surface area contributed by atoms with Gasteiger partial charge in [-0.1, -0.05) is 34.6 Å². The van der Waals surface area contributed by atoms with E-state index < -0.39 is 0 Å². The Morgan fingerprint density at radius 1 is 1.33 bits per heavy atom. The molecule has 0 bridgehead atoms. The summed E-state index contributed by atoms with van der Waals surface area (Å²) in [6, 6.07) is 0. The number of hydrogen-bond acceptors (Lipinski definition) is 2. The smallest absolute Gasteiger partial charge is 0.220 e. The number of amides is 1. The highest BCUT2D eigenvalue weighted by molar-refractivity contribution is 7.99. The number of carbonyl (C=O) groups excluding carboxylic acids is 1. The van der Waals surface area contributed by atoms with Crippen molar-refractivity contribution in [2.24, 2.45) is 11.3 Å². The lowest BCUT2D eigenvalue weighted by Crippen LogP contribution is -2.27. The molecule has 0 aliphatic carbocycles. The second kappa shape index (κ2) is 9.71. The number of rotatable bonds is 9.